The van der Waals surface area contributed by atoms with Crippen LogP contribution in [0.25, 0.3) is 0 Å². The molecule has 10 heteroatoms. The van der Waals surface area contributed by atoms with Crippen LogP contribution in [0.4, 0.5) is 10.5 Å². The highest BCUT2D eigenvalue weighted by atomic mass is 32.2. The molecule has 1 saturated heterocycles. The Morgan fingerprint density at radius 2 is 1.91 bits per heavy atom. The molecule has 32 heavy (non-hydrogen) atoms. The molecule has 1 aliphatic heterocycles. The lowest BCUT2D eigenvalue weighted by molar-refractivity contribution is -0.137. The summed E-state index contributed by atoms with van der Waals surface area (Å²) in [4.78, 5) is 38.6. The maximum Gasteiger partial charge on any atom is 0.412 e. The Morgan fingerprint density at radius 1 is 1.22 bits per heavy atom. The molecule has 1 heterocycles. The summed E-state index contributed by atoms with van der Waals surface area (Å²) in [5.41, 5.74) is -0.163. The molecule has 178 valence electrons. The number of esters is 1. The van der Waals surface area contributed by atoms with Gasteiger partial charge >= 0.3 is 12.1 Å². The van der Waals surface area contributed by atoms with Crippen LogP contribution in [0, 0.1) is 5.92 Å². The number of carbonyl (C=O) groups is 3. The van der Waals surface area contributed by atoms with Crippen LogP contribution < -0.4 is 5.32 Å². The van der Waals surface area contributed by atoms with E-state index in [0.717, 1.165) is 0 Å². The fourth-order valence-electron chi connectivity index (χ4n) is 3.31. The summed E-state index contributed by atoms with van der Waals surface area (Å²) < 4.78 is 34.0. The van der Waals surface area contributed by atoms with E-state index in [-0.39, 0.29) is 23.0 Å². The van der Waals surface area contributed by atoms with E-state index in [4.69, 9.17) is 9.47 Å². The van der Waals surface area contributed by atoms with Gasteiger partial charge in [0.05, 0.1) is 17.1 Å². The number of ether oxygens (including phenoxy) is 2. The van der Waals surface area contributed by atoms with Crippen LogP contribution in [0.1, 0.15) is 51.4 Å². The highest BCUT2D eigenvalue weighted by Gasteiger charge is 2.35. The number of nitrogens with zero attached hydrogens (tertiary/aromatic N) is 1. The lowest BCUT2D eigenvalue weighted by Crippen LogP contribution is -2.45. The minimum atomic E-state index is -3.16. The lowest BCUT2D eigenvalue weighted by atomic mass is 10.1. The van der Waals surface area contributed by atoms with Gasteiger partial charge in [0, 0.05) is 18.3 Å². The number of anilines is 1. The fraction of sp³-hybridized carbons (Fsp3) is 0.591. The van der Waals surface area contributed by atoms with E-state index in [0.29, 0.717) is 18.7 Å². The average molecular weight is 469 g/mol. The van der Waals surface area contributed by atoms with Crippen molar-refractivity contribution in [3.63, 3.8) is 0 Å². The summed E-state index contributed by atoms with van der Waals surface area (Å²) in [6.07, 6.45) is -0.276. The number of hydrogen-bond acceptors (Lipinski definition) is 7. The van der Waals surface area contributed by atoms with Crippen molar-refractivity contribution in [2.75, 3.05) is 30.0 Å². The summed E-state index contributed by atoms with van der Waals surface area (Å²) >= 11 is 0. The third-order valence-electron chi connectivity index (χ3n) is 4.60. The molecule has 1 aromatic rings. The van der Waals surface area contributed by atoms with Crippen LogP contribution in [0.3, 0.4) is 0 Å². The van der Waals surface area contributed by atoms with Crippen molar-refractivity contribution in [2.24, 2.45) is 5.92 Å². The molecule has 1 atom stereocenters. The van der Waals surface area contributed by atoms with Gasteiger partial charge in [-0.25, -0.2) is 18.0 Å². The van der Waals surface area contributed by atoms with Crippen molar-refractivity contribution in [3.05, 3.63) is 29.8 Å². The summed E-state index contributed by atoms with van der Waals surface area (Å²) in [7, 11) is -3.16. The van der Waals surface area contributed by atoms with Crippen molar-refractivity contribution in [1.29, 1.82) is 0 Å². The molecular weight excluding hydrogens is 436 g/mol. The molecule has 2 amide bonds. The van der Waals surface area contributed by atoms with E-state index in [1.165, 1.54) is 17.0 Å². The number of sulfone groups is 1. The van der Waals surface area contributed by atoms with Crippen LogP contribution in [0.5, 0.6) is 0 Å². The Labute approximate surface area is 189 Å². The van der Waals surface area contributed by atoms with Crippen LogP contribution in [0.15, 0.2) is 24.3 Å². The molecule has 0 aromatic heterocycles. The van der Waals surface area contributed by atoms with Crippen LogP contribution in [-0.4, -0.2) is 67.6 Å². The normalized spacial score (nSPS) is 17.6. The van der Waals surface area contributed by atoms with Gasteiger partial charge in [-0.1, -0.05) is 19.9 Å². The molecular formula is C22H32N2O7S. The second kappa shape index (κ2) is 10.3. The molecule has 9 nitrogen and oxygen atoms in total. The minimum Gasteiger partial charge on any atom is -0.452 e. The molecule has 0 radical (unpaired) electrons. The van der Waals surface area contributed by atoms with Crippen LogP contribution in [0.2, 0.25) is 0 Å². The van der Waals surface area contributed by atoms with Crippen molar-refractivity contribution >= 4 is 33.5 Å². The minimum absolute atomic E-state index is 0.0524. The number of carbonyl (C=O) groups excluding carboxylic acids is 3. The van der Waals surface area contributed by atoms with Gasteiger partial charge in [0.1, 0.15) is 5.60 Å². The second-order valence-corrected chi connectivity index (χ2v) is 11.5. The zero-order valence-corrected chi connectivity index (χ0v) is 20.0. The predicted octanol–water partition coefficient (Wildman–Crippen LogP) is 2.86. The van der Waals surface area contributed by atoms with Gasteiger partial charge in [0.15, 0.2) is 16.4 Å². The summed E-state index contributed by atoms with van der Waals surface area (Å²) in [5, 5.41) is 2.54. The van der Waals surface area contributed by atoms with Crippen LogP contribution in [-0.2, 0) is 24.1 Å². The van der Waals surface area contributed by atoms with E-state index >= 15 is 0 Å². The number of rotatable bonds is 7. The number of hydrogen-bond donors (Lipinski definition) is 1. The highest BCUT2D eigenvalue weighted by molar-refractivity contribution is 7.91. The first-order valence-corrected chi connectivity index (χ1v) is 12.3. The third kappa shape index (κ3) is 8.14. The maximum atomic E-state index is 12.7. The Bertz CT molecular complexity index is 951. The smallest absolute Gasteiger partial charge is 0.412 e. The lowest BCUT2D eigenvalue weighted by Gasteiger charge is -2.29. The molecule has 0 unspecified atom stereocenters. The monoisotopic (exact) mass is 468 g/mol. The molecule has 1 fully saturated rings. The quantitative estimate of drug-likeness (QED) is 0.611. The van der Waals surface area contributed by atoms with E-state index in [1.54, 1.807) is 32.9 Å². The molecule has 0 bridgehead atoms. The van der Waals surface area contributed by atoms with Gasteiger partial charge in [-0.05, 0) is 51.3 Å². The maximum absolute atomic E-state index is 12.7. The Kier molecular flexibility index (Phi) is 8.28. The summed E-state index contributed by atoms with van der Waals surface area (Å²) in [6.45, 7) is 8.96. The van der Waals surface area contributed by atoms with E-state index in [9.17, 15) is 22.8 Å². The van der Waals surface area contributed by atoms with Crippen molar-refractivity contribution < 1.29 is 32.3 Å². The topological polar surface area (TPSA) is 119 Å². The van der Waals surface area contributed by atoms with E-state index in [1.807, 2.05) is 13.8 Å². The zero-order valence-electron chi connectivity index (χ0n) is 19.2. The summed E-state index contributed by atoms with van der Waals surface area (Å²) in [6, 6.07) is 5.68. The van der Waals surface area contributed by atoms with Gasteiger partial charge in [-0.3, -0.25) is 10.1 Å². The highest BCUT2D eigenvalue weighted by Crippen LogP contribution is 2.20. The number of amides is 2. The van der Waals surface area contributed by atoms with Crippen molar-refractivity contribution in [3.8, 4) is 0 Å². The third-order valence-corrected chi connectivity index (χ3v) is 6.35. The van der Waals surface area contributed by atoms with Crippen LogP contribution >= 0.6 is 0 Å². The van der Waals surface area contributed by atoms with E-state index in [2.05, 4.69) is 5.32 Å². The average Bonchev–Trinajstić information content (AvgIpc) is 3.01. The zero-order chi connectivity index (χ0) is 24.1. The molecule has 1 aromatic carbocycles. The standard InChI is InChI=1S/C22H32N2O7S/c1-15(2)12-24(18-9-10-32(28,29)14-18)19(25)13-30-20(26)16-7-6-8-17(11-16)23-21(27)31-22(3,4)5/h6-8,11,15,18H,9-10,12-14H2,1-5H3,(H,23,27)/t18-/m1/s1. The van der Waals surface area contributed by atoms with E-state index < -0.39 is 46.1 Å². The van der Waals surface area contributed by atoms with Gasteiger partial charge in [0.2, 0.25) is 0 Å². The summed E-state index contributed by atoms with van der Waals surface area (Å²) in [5.74, 6) is -1.05. The first kappa shape index (κ1) is 25.6. The van der Waals surface area contributed by atoms with Crippen molar-refractivity contribution in [2.45, 2.75) is 52.7 Å². The SMILES string of the molecule is CC(C)CN(C(=O)COC(=O)c1cccc(NC(=O)OC(C)(C)C)c1)[C@@H]1CCS(=O)(=O)C1. The first-order valence-electron chi connectivity index (χ1n) is 10.5. The molecule has 1 N–H and O–H groups in total. The first-order chi connectivity index (χ1) is 14.8. The number of nitrogens with one attached hydrogen (secondary N) is 1. The molecule has 0 saturated carbocycles. The fourth-order valence-corrected chi connectivity index (χ4v) is 5.04. The van der Waals surface area contributed by atoms with Gasteiger partial charge < -0.3 is 14.4 Å². The Hall–Kier alpha value is -2.62. The Morgan fingerprint density at radius 3 is 2.47 bits per heavy atom. The van der Waals surface area contributed by atoms with Gasteiger partial charge in [-0.15, -0.1) is 0 Å². The molecule has 0 spiro atoms. The largest absolute Gasteiger partial charge is 0.452 e. The second-order valence-electron chi connectivity index (χ2n) is 9.28. The molecule has 0 aliphatic carbocycles. The number of benzene rings is 1. The molecule has 1 aliphatic rings. The Balaban J connectivity index is 1.99. The van der Waals surface area contributed by atoms with Crippen molar-refractivity contribution in [1.82, 2.24) is 4.90 Å². The van der Waals surface area contributed by atoms with Gasteiger partial charge in [-0.2, -0.15) is 0 Å². The molecule has 2 rings (SSSR count). The predicted molar refractivity (Wildman–Crippen MR) is 120 cm³/mol. The van der Waals surface area contributed by atoms with Gasteiger partial charge in [0.25, 0.3) is 5.91 Å².